The van der Waals surface area contributed by atoms with Gasteiger partial charge in [0, 0.05) is 18.8 Å². The van der Waals surface area contributed by atoms with E-state index in [0.29, 0.717) is 13.1 Å². The lowest BCUT2D eigenvalue weighted by Crippen LogP contribution is -2.06. The Hall–Kier alpha value is -1.62. The first kappa shape index (κ1) is 8.00. The number of rotatable bonds is 3. The first-order valence-electron chi connectivity index (χ1n) is 3.99. The average Bonchev–Trinajstić information content (AvgIpc) is 2.76. The normalized spacial score (nSPS) is 10.5. The van der Waals surface area contributed by atoms with Gasteiger partial charge in [0.25, 0.3) is 0 Å². The third-order valence-corrected chi connectivity index (χ3v) is 1.83. The maximum atomic E-state index is 5.52. The molecule has 0 aliphatic carbocycles. The summed E-state index contributed by atoms with van der Waals surface area (Å²) in [5.74, 6) is 0.799. The lowest BCUT2D eigenvalue weighted by molar-refractivity contribution is 0.375. The van der Waals surface area contributed by atoms with Gasteiger partial charge in [0.05, 0.1) is 24.8 Å². The van der Waals surface area contributed by atoms with Crippen molar-refractivity contribution in [3.63, 3.8) is 0 Å². The van der Waals surface area contributed by atoms with Crippen LogP contribution in [0.15, 0.2) is 29.3 Å². The van der Waals surface area contributed by atoms with E-state index in [9.17, 15) is 0 Å². The summed E-state index contributed by atoms with van der Waals surface area (Å²) >= 11 is 0. The molecule has 0 amide bonds. The second-order valence-corrected chi connectivity index (χ2v) is 2.70. The van der Waals surface area contributed by atoms with Crippen LogP contribution in [0.3, 0.4) is 0 Å². The minimum absolute atomic E-state index is 0.480. The molecule has 2 N–H and O–H groups in total. The molecule has 0 unspecified atom stereocenters. The summed E-state index contributed by atoms with van der Waals surface area (Å²) in [6.45, 7) is 1.11. The van der Waals surface area contributed by atoms with Crippen molar-refractivity contribution in [2.75, 3.05) is 0 Å². The minimum Gasteiger partial charge on any atom is -0.359 e. The van der Waals surface area contributed by atoms with E-state index in [-0.39, 0.29) is 0 Å². The van der Waals surface area contributed by atoms with Crippen LogP contribution in [0.2, 0.25) is 0 Å². The molecule has 0 saturated heterocycles. The molecule has 2 aromatic rings. The van der Waals surface area contributed by atoms with Crippen molar-refractivity contribution in [1.82, 2.24) is 14.7 Å². The van der Waals surface area contributed by atoms with E-state index in [0.717, 1.165) is 11.5 Å². The number of nitrogens with zero attached hydrogens (tertiary/aromatic N) is 3. The molecule has 2 heterocycles. The Morgan fingerprint density at radius 2 is 2.46 bits per heavy atom. The van der Waals surface area contributed by atoms with Crippen LogP contribution in [-0.2, 0) is 13.1 Å². The predicted octanol–water partition coefficient (Wildman–Crippen LogP) is 0.378. The average molecular weight is 178 g/mol. The third-order valence-electron chi connectivity index (χ3n) is 1.83. The van der Waals surface area contributed by atoms with Crippen LogP contribution >= 0.6 is 0 Å². The van der Waals surface area contributed by atoms with E-state index >= 15 is 0 Å². The van der Waals surface area contributed by atoms with Crippen molar-refractivity contribution in [2.24, 2.45) is 5.73 Å². The van der Waals surface area contributed by atoms with Crippen LogP contribution < -0.4 is 5.73 Å². The van der Waals surface area contributed by atoms with E-state index in [2.05, 4.69) is 10.1 Å². The highest BCUT2D eigenvalue weighted by molar-refractivity contribution is 5.02. The summed E-state index contributed by atoms with van der Waals surface area (Å²) in [5.41, 5.74) is 6.50. The molecular weight excluding hydrogens is 168 g/mol. The summed E-state index contributed by atoms with van der Waals surface area (Å²) < 4.78 is 6.90. The molecule has 5 heteroatoms. The van der Waals surface area contributed by atoms with Crippen LogP contribution in [0, 0.1) is 0 Å². The van der Waals surface area contributed by atoms with E-state index in [4.69, 9.17) is 10.3 Å². The maximum absolute atomic E-state index is 5.52. The van der Waals surface area contributed by atoms with Crippen LogP contribution in [0.1, 0.15) is 11.5 Å². The quantitative estimate of drug-likeness (QED) is 0.737. The number of hydrogen-bond acceptors (Lipinski definition) is 4. The van der Waals surface area contributed by atoms with Gasteiger partial charge < -0.3 is 14.8 Å². The number of hydrogen-bond donors (Lipinski definition) is 1. The van der Waals surface area contributed by atoms with Crippen LogP contribution in [-0.4, -0.2) is 14.7 Å². The molecule has 5 nitrogen and oxygen atoms in total. The van der Waals surface area contributed by atoms with Crippen molar-refractivity contribution in [3.8, 4) is 0 Å². The highest BCUT2D eigenvalue weighted by Crippen LogP contribution is 2.04. The molecule has 0 aromatic carbocycles. The second-order valence-electron chi connectivity index (χ2n) is 2.70. The summed E-state index contributed by atoms with van der Waals surface area (Å²) in [6.07, 6.45) is 5.09. The molecule has 2 rings (SSSR count). The van der Waals surface area contributed by atoms with Gasteiger partial charge in [0.1, 0.15) is 0 Å². The van der Waals surface area contributed by atoms with E-state index in [1.165, 1.54) is 0 Å². The zero-order valence-corrected chi connectivity index (χ0v) is 7.05. The van der Waals surface area contributed by atoms with Gasteiger partial charge in [-0.05, 0) is 0 Å². The summed E-state index contributed by atoms with van der Waals surface area (Å²) in [7, 11) is 0. The number of nitrogens with two attached hydrogens (primary N) is 1. The smallest absolute Gasteiger partial charge is 0.156 e. The fourth-order valence-corrected chi connectivity index (χ4v) is 1.15. The van der Waals surface area contributed by atoms with Gasteiger partial charge in [-0.1, -0.05) is 5.16 Å². The molecule has 0 atom stereocenters. The van der Waals surface area contributed by atoms with Gasteiger partial charge in [-0.3, -0.25) is 0 Å². The number of imidazole rings is 1. The minimum atomic E-state index is 0.480. The predicted molar refractivity (Wildman–Crippen MR) is 45.7 cm³/mol. The Balaban J connectivity index is 2.18. The van der Waals surface area contributed by atoms with Crippen molar-refractivity contribution >= 4 is 0 Å². The Morgan fingerprint density at radius 1 is 1.54 bits per heavy atom. The molecular formula is C8H10N4O. The Morgan fingerprint density at radius 3 is 3.15 bits per heavy atom. The van der Waals surface area contributed by atoms with Gasteiger partial charge in [-0.2, -0.15) is 0 Å². The van der Waals surface area contributed by atoms with E-state index in [1.807, 2.05) is 10.6 Å². The van der Waals surface area contributed by atoms with Crippen LogP contribution in [0.25, 0.3) is 0 Å². The Bertz CT molecular complexity index is 365. The van der Waals surface area contributed by atoms with Gasteiger partial charge in [-0.25, -0.2) is 4.98 Å². The van der Waals surface area contributed by atoms with Crippen LogP contribution in [0.4, 0.5) is 0 Å². The molecule has 0 spiro atoms. The van der Waals surface area contributed by atoms with Crippen molar-refractivity contribution in [2.45, 2.75) is 13.1 Å². The summed E-state index contributed by atoms with van der Waals surface area (Å²) in [5, 5.41) is 3.62. The fourth-order valence-electron chi connectivity index (χ4n) is 1.15. The molecule has 2 aromatic heterocycles. The van der Waals surface area contributed by atoms with Crippen molar-refractivity contribution < 1.29 is 4.52 Å². The molecule has 13 heavy (non-hydrogen) atoms. The second kappa shape index (κ2) is 3.40. The van der Waals surface area contributed by atoms with E-state index < -0.39 is 0 Å². The van der Waals surface area contributed by atoms with Gasteiger partial charge >= 0.3 is 0 Å². The van der Waals surface area contributed by atoms with Gasteiger partial charge in [0.15, 0.2) is 5.76 Å². The monoisotopic (exact) mass is 178 g/mol. The standard InChI is InChI=1S/C8H10N4O/c9-3-7-4-10-6-12(7)5-8-1-2-11-13-8/h1-2,4,6H,3,5,9H2. The molecule has 68 valence electrons. The lowest BCUT2D eigenvalue weighted by Gasteiger charge is -2.02. The highest BCUT2D eigenvalue weighted by Gasteiger charge is 2.02. The zero-order valence-electron chi connectivity index (χ0n) is 7.05. The molecule has 0 fully saturated rings. The first-order chi connectivity index (χ1) is 6.40. The third kappa shape index (κ3) is 1.59. The zero-order chi connectivity index (χ0) is 9.10. The van der Waals surface area contributed by atoms with E-state index in [1.54, 1.807) is 18.7 Å². The maximum Gasteiger partial charge on any atom is 0.156 e. The molecule has 0 radical (unpaired) electrons. The lowest BCUT2D eigenvalue weighted by atomic mass is 10.4. The highest BCUT2D eigenvalue weighted by atomic mass is 16.5. The topological polar surface area (TPSA) is 69.9 Å². The fraction of sp³-hybridized carbons (Fsp3) is 0.250. The molecule has 0 aliphatic heterocycles. The molecule has 0 saturated carbocycles. The summed E-state index contributed by atoms with van der Waals surface area (Å²) in [6, 6.07) is 1.82. The van der Waals surface area contributed by atoms with Gasteiger partial charge in [0.2, 0.25) is 0 Å². The van der Waals surface area contributed by atoms with Crippen molar-refractivity contribution in [1.29, 1.82) is 0 Å². The molecule has 0 bridgehead atoms. The largest absolute Gasteiger partial charge is 0.359 e. The number of aromatic nitrogens is 3. The SMILES string of the molecule is NCc1cncn1Cc1ccno1. The summed E-state index contributed by atoms with van der Waals surface area (Å²) in [4.78, 5) is 3.99. The Labute approximate surface area is 75.2 Å². The van der Waals surface area contributed by atoms with Crippen molar-refractivity contribution in [3.05, 3.63) is 36.2 Å². The van der Waals surface area contributed by atoms with Crippen LogP contribution in [0.5, 0.6) is 0 Å². The first-order valence-corrected chi connectivity index (χ1v) is 3.99. The van der Waals surface area contributed by atoms with Gasteiger partial charge in [-0.15, -0.1) is 0 Å². The molecule has 0 aliphatic rings. The Kier molecular flexibility index (Phi) is 2.09.